The van der Waals surface area contributed by atoms with Crippen molar-refractivity contribution in [1.29, 1.82) is 0 Å². The van der Waals surface area contributed by atoms with Crippen LogP contribution in [0.15, 0.2) is 60.8 Å². The number of likely N-dealkylation sites (N-methyl/N-ethyl adjacent to an activating group) is 1. The number of esters is 2. The molecular weight excluding hydrogens is 822 g/mol. The third-order valence-corrected chi connectivity index (χ3v) is 12.0. The Morgan fingerprint density at radius 2 is 0.844 bits per heavy atom. The van der Waals surface area contributed by atoms with Gasteiger partial charge in [-0.3, -0.25) is 18.6 Å². The predicted octanol–water partition coefficient (Wildman–Crippen LogP) is 15.6. The van der Waals surface area contributed by atoms with Gasteiger partial charge in [0.05, 0.1) is 27.7 Å². The number of hydrogen-bond donors (Lipinski definition) is 1. The summed E-state index contributed by atoms with van der Waals surface area (Å²) in [4.78, 5) is 35.6. The minimum absolute atomic E-state index is 0.0265. The van der Waals surface area contributed by atoms with E-state index >= 15 is 0 Å². The summed E-state index contributed by atoms with van der Waals surface area (Å²) in [5.74, 6) is -0.814. The van der Waals surface area contributed by atoms with E-state index < -0.39 is 26.5 Å². The van der Waals surface area contributed by atoms with Crippen LogP contribution in [0.4, 0.5) is 0 Å². The monoisotopic (exact) mass is 921 g/mol. The van der Waals surface area contributed by atoms with Gasteiger partial charge in [-0.05, 0) is 83.5 Å². The number of unbranched alkanes of at least 4 members (excludes halogenated alkanes) is 23. The lowest BCUT2D eigenvalue weighted by Crippen LogP contribution is -2.37. The van der Waals surface area contributed by atoms with E-state index in [4.69, 9.17) is 18.5 Å². The molecule has 372 valence electrons. The van der Waals surface area contributed by atoms with Crippen molar-refractivity contribution in [3.63, 3.8) is 0 Å². The molecule has 0 rings (SSSR count). The van der Waals surface area contributed by atoms with Gasteiger partial charge in [0.25, 0.3) is 0 Å². The van der Waals surface area contributed by atoms with E-state index in [0.29, 0.717) is 17.4 Å². The topological polar surface area (TPSA) is 108 Å². The molecule has 0 amide bonds. The minimum atomic E-state index is -4.39. The molecule has 0 saturated carbocycles. The number of phosphoric ester groups is 1. The first kappa shape index (κ1) is 61.7. The number of allylic oxidation sites excluding steroid dienone is 10. The van der Waals surface area contributed by atoms with Crippen LogP contribution < -0.4 is 0 Å². The van der Waals surface area contributed by atoms with Gasteiger partial charge in [-0.15, -0.1) is 0 Å². The largest absolute Gasteiger partial charge is 0.472 e. The quantitative estimate of drug-likeness (QED) is 0.0211. The van der Waals surface area contributed by atoms with Crippen LogP contribution >= 0.6 is 7.82 Å². The zero-order valence-electron chi connectivity index (χ0n) is 42.0. The molecule has 0 aliphatic carbocycles. The number of phosphoric acid groups is 1. The normalized spacial score (nSPS) is 13.9. The molecule has 0 aliphatic rings. The lowest BCUT2D eigenvalue weighted by Gasteiger charge is -2.24. The standard InChI is InChI=1S/C54H98NO8P/c1-6-8-10-12-14-16-18-20-22-24-25-26-27-28-29-31-33-35-37-39-41-43-45-47-54(57)63-52(51-62-64(58,59)61-49-48-55(3,4)5)50-60-53(56)46-44-42-40-38-36-34-32-30-23-21-19-17-15-13-11-9-7-2/h15,17-18,20-21,23-25,27-28,52H,6-14,16,19,22,26,29-51H2,1-5H3/p+1/b17-15-,20-18-,23-21-,25-24-,28-27-. The van der Waals surface area contributed by atoms with Crippen molar-refractivity contribution in [2.24, 2.45) is 0 Å². The number of ether oxygens (including phenoxy) is 2. The maximum atomic E-state index is 12.8. The molecule has 0 aromatic carbocycles. The highest BCUT2D eigenvalue weighted by atomic mass is 31.2. The second-order valence-electron chi connectivity index (χ2n) is 18.5. The molecule has 0 aliphatic heterocycles. The molecular formula is C54H99NO8P+. The number of nitrogens with zero attached hydrogens (tertiary/aromatic N) is 1. The lowest BCUT2D eigenvalue weighted by molar-refractivity contribution is -0.870. The summed E-state index contributed by atoms with van der Waals surface area (Å²) in [7, 11) is 1.46. The Morgan fingerprint density at radius 1 is 0.484 bits per heavy atom. The molecule has 0 spiro atoms. The van der Waals surface area contributed by atoms with E-state index in [-0.39, 0.29) is 32.0 Å². The van der Waals surface area contributed by atoms with E-state index in [9.17, 15) is 19.0 Å². The van der Waals surface area contributed by atoms with Crippen molar-refractivity contribution in [3.05, 3.63) is 60.8 Å². The van der Waals surface area contributed by atoms with Gasteiger partial charge in [0.15, 0.2) is 6.10 Å². The molecule has 1 N–H and O–H groups in total. The zero-order valence-corrected chi connectivity index (χ0v) is 42.9. The molecule has 0 saturated heterocycles. The molecule has 0 bridgehead atoms. The van der Waals surface area contributed by atoms with Crippen LogP contribution in [0.1, 0.15) is 219 Å². The molecule has 9 nitrogen and oxygen atoms in total. The van der Waals surface area contributed by atoms with Gasteiger partial charge >= 0.3 is 19.8 Å². The molecule has 2 unspecified atom stereocenters. The van der Waals surface area contributed by atoms with Gasteiger partial charge < -0.3 is 18.9 Å². The third kappa shape index (κ3) is 49.2. The van der Waals surface area contributed by atoms with E-state index in [1.54, 1.807) is 0 Å². The van der Waals surface area contributed by atoms with Crippen molar-refractivity contribution in [3.8, 4) is 0 Å². The van der Waals surface area contributed by atoms with Crippen molar-refractivity contribution < 1.29 is 42.1 Å². The molecule has 0 radical (unpaired) electrons. The number of quaternary nitrogens is 1. The average molecular weight is 921 g/mol. The summed E-state index contributed by atoms with van der Waals surface area (Å²) in [6, 6.07) is 0. The Hall–Kier alpha value is -2.29. The van der Waals surface area contributed by atoms with E-state index in [1.807, 2.05) is 21.1 Å². The first-order valence-electron chi connectivity index (χ1n) is 26.0. The average Bonchev–Trinajstić information content (AvgIpc) is 3.25. The van der Waals surface area contributed by atoms with Gasteiger partial charge in [0, 0.05) is 12.8 Å². The highest BCUT2D eigenvalue weighted by Gasteiger charge is 2.27. The van der Waals surface area contributed by atoms with Crippen LogP contribution in [0, 0.1) is 0 Å². The zero-order chi connectivity index (χ0) is 47.1. The Labute approximate surface area is 394 Å². The van der Waals surface area contributed by atoms with Crippen LogP contribution in [-0.4, -0.2) is 74.9 Å². The number of hydrogen-bond acceptors (Lipinski definition) is 7. The summed E-state index contributed by atoms with van der Waals surface area (Å²) in [5, 5.41) is 0. The molecule has 2 atom stereocenters. The van der Waals surface area contributed by atoms with Crippen molar-refractivity contribution in [2.45, 2.75) is 225 Å². The highest BCUT2D eigenvalue weighted by Crippen LogP contribution is 2.43. The second-order valence-corrected chi connectivity index (χ2v) is 20.0. The van der Waals surface area contributed by atoms with Crippen molar-refractivity contribution in [1.82, 2.24) is 0 Å². The van der Waals surface area contributed by atoms with Crippen LogP contribution in [0.3, 0.4) is 0 Å². The van der Waals surface area contributed by atoms with Crippen LogP contribution in [0.2, 0.25) is 0 Å². The fourth-order valence-corrected chi connectivity index (χ4v) is 7.68. The second kappa shape index (κ2) is 45.8. The third-order valence-electron chi connectivity index (χ3n) is 11.0. The van der Waals surface area contributed by atoms with E-state index in [2.05, 4.69) is 74.6 Å². The Bertz CT molecular complexity index is 1270. The summed E-state index contributed by atoms with van der Waals surface area (Å²) >= 11 is 0. The van der Waals surface area contributed by atoms with Crippen molar-refractivity contribution >= 4 is 19.8 Å². The molecule has 0 fully saturated rings. The van der Waals surface area contributed by atoms with Gasteiger partial charge in [0.2, 0.25) is 0 Å². The summed E-state index contributed by atoms with van der Waals surface area (Å²) in [6.07, 6.45) is 56.9. The summed E-state index contributed by atoms with van der Waals surface area (Å²) < 4.78 is 34.5. The van der Waals surface area contributed by atoms with Crippen LogP contribution in [-0.2, 0) is 32.7 Å². The molecule has 0 aromatic heterocycles. The number of carbonyl (C=O) groups is 2. The maximum Gasteiger partial charge on any atom is 0.472 e. The predicted molar refractivity (Wildman–Crippen MR) is 270 cm³/mol. The smallest absolute Gasteiger partial charge is 0.462 e. The fourth-order valence-electron chi connectivity index (χ4n) is 6.93. The van der Waals surface area contributed by atoms with Gasteiger partial charge in [-0.1, -0.05) is 184 Å². The van der Waals surface area contributed by atoms with Gasteiger partial charge in [-0.25, -0.2) is 4.57 Å². The first-order chi connectivity index (χ1) is 31.0. The van der Waals surface area contributed by atoms with Gasteiger partial charge in [-0.2, -0.15) is 0 Å². The fraction of sp³-hybridized carbons (Fsp3) is 0.778. The van der Waals surface area contributed by atoms with Crippen LogP contribution in [0.5, 0.6) is 0 Å². The van der Waals surface area contributed by atoms with Crippen molar-refractivity contribution in [2.75, 3.05) is 47.5 Å². The number of rotatable bonds is 47. The minimum Gasteiger partial charge on any atom is -0.462 e. The summed E-state index contributed by atoms with van der Waals surface area (Å²) in [6.45, 7) is 4.38. The molecule has 64 heavy (non-hydrogen) atoms. The van der Waals surface area contributed by atoms with E-state index in [1.165, 1.54) is 109 Å². The first-order valence-corrected chi connectivity index (χ1v) is 27.5. The van der Waals surface area contributed by atoms with E-state index in [0.717, 1.165) is 77.0 Å². The molecule has 0 heterocycles. The molecule has 0 aromatic rings. The molecule has 10 heteroatoms. The number of carbonyl (C=O) groups excluding carboxylic acids is 2. The Kier molecular flexibility index (Phi) is 44.2. The lowest BCUT2D eigenvalue weighted by atomic mass is 10.1. The summed E-state index contributed by atoms with van der Waals surface area (Å²) in [5.41, 5.74) is 0. The highest BCUT2D eigenvalue weighted by molar-refractivity contribution is 7.47. The van der Waals surface area contributed by atoms with Crippen LogP contribution in [0.25, 0.3) is 0 Å². The maximum absolute atomic E-state index is 12.8. The Morgan fingerprint density at radius 3 is 1.28 bits per heavy atom. The Balaban J connectivity index is 4.28. The van der Waals surface area contributed by atoms with Gasteiger partial charge in [0.1, 0.15) is 19.8 Å². The SMILES string of the molecule is CCCCC/C=C\C/C=C\CCCCCCCCCC(=O)OCC(COP(=O)(O)OCC[N+](C)(C)C)OC(=O)CCCCCCCCCC/C=C\C/C=C\C/C=C\CCCCCCC.